The summed E-state index contributed by atoms with van der Waals surface area (Å²) >= 11 is 0. The number of fused-ring (bicyclic) bond motifs is 1. The molecule has 1 fully saturated rings. The zero-order valence-electron chi connectivity index (χ0n) is 13.2. The Kier molecular flexibility index (Phi) is 4.30. The smallest absolute Gasteiger partial charge is 0.200 e. The van der Waals surface area contributed by atoms with Crippen LogP contribution in [0.3, 0.4) is 0 Å². The molecule has 0 aliphatic carbocycles. The lowest BCUT2D eigenvalue weighted by Gasteiger charge is -2.33. The molecule has 1 aromatic carbocycles. The second-order valence-corrected chi connectivity index (χ2v) is 5.84. The second-order valence-electron chi connectivity index (χ2n) is 5.84. The number of aromatic nitrogens is 5. The summed E-state index contributed by atoms with van der Waals surface area (Å²) in [5.74, 6) is 0.735. The lowest BCUT2D eigenvalue weighted by molar-refractivity contribution is -0.0240. The molecule has 0 amide bonds. The molecule has 124 valence electrons. The number of anilines is 1. The lowest BCUT2D eigenvalue weighted by Crippen LogP contribution is -2.44. The van der Waals surface area contributed by atoms with Crippen molar-refractivity contribution in [1.82, 2.24) is 30.2 Å². The highest BCUT2D eigenvalue weighted by molar-refractivity contribution is 5.42. The predicted molar refractivity (Wildman–Crippen MR) is 88.5 cm³/mol. The van der Waals surface area contributed by atoms with Gasteiger partial charge in [0, 0.05) is 26.2 Å². The van der Waals surface area contributed by atoms with Gasteiger partial charge in [0.2, 0.25) is 0 Å². The van der Waals surface area contributed by atoms with Crippen molar-refractivity contribution < 1.29 is 4.74 Å². The number of nitrogens with zero attached hydrogens (tertiary/aromatic N) is 6. The third-order valence-corrected chi connectivity index (χ3v) is 4.05. The van der Waals surface area contributed by atoms with Gasteiger partial charge in [-0.2, -0.15) is 0 Å². The standard InChI is InChI=1S/C16H19N7O/c1-2-4-13(5-3-1)11-22-8-9-24-14(12-22)10-17-15-6-7-16-18-20-21-23(16)19-15/h1-7,14H,8-12H2,(H,17,19)/t14-/m0/s1. The maximum Gasteiger partial charge on any atom is 0.200 e. The Morgan fingerprint density at radius 1 is 1.17 bits per heavy atom. The van der Waals surface area contributed by atoms with Crippen LogP contribution >= 0.6 is 0 Å². The van der Waals surface area contributed by atoms with Crippen LogP contribution in [0.15, 0.2) is 42.5 Å². The first kappa shape index (κ1) is 15.0. The fraction of sp³-hybridized carbons (Fsp3) is 0.375. The first-order valence-electron chi connectivity index (χ1n) is 8.04. The zero-order valence-corrected chi connectivity index (χ0v) is 13.2. The third kappa shape index (κ3) is 3.50. The predicted octanol–water partition coefficient (Wildman–Crippen LogP) is 0.832. The molecule has 2 aromatic heterocycles. The molecule has 4 rings (SSSR count). The molecule has 1 N–H and O–H groups in total. The molecule has 8 heteroatoms. The van der Waals surface area contributed by atoms with Crippen LogP contribution in [0, 0.1) is 0 Å². The van der Waals surface area contributed by atoms with E-state index in [1.807, 2.05) is 18.2 Å². The average molecular weight is 325 g/mol. The molecule has 3 aromatic rings. The Morgan fingerprint density at radius 3 is 3.00 bits per heavy atom. The largest absolute Gasteiger partial charge is 0.374 e. The van der Waals surface area contributed by atoms with Gasteiger partial charge in [0.25, 0.3) is 0 Å². The Balaban J connectivity index is 1.32. The minimum atomic E-state index is 0.133. The van der Waals surface area contributed by atoms with Crippen LogP contribution in [0.4, 0.5) is 5.82 Å². The summed E-state index contributed by atoms with van der Waals surface area (Å²) in [7, 11) is 0. The highest BCUT2D eigenvalue weighted by Crippen LogP contribution is 2.11. The Morgan fingerprint density at radius 2 is 2.08 bits per heavy atom. The third-order valence-electron chi connectivity index (χ3n) is 4.05. The quantitative estimate of drug-likeness (QED) is 0.744. The first-order valence-corrected chi connectivity index (χ1v) is 8.04. The molecule has 0 saturated carbocycles. The van der Waals surface area contributed by atoms with Crippen LogP contribution in [0.5, 0.6) is 0 Å². The van der Waals surface area contributed by atoms with Crippen molar-refractivity contribution in [2.45, 2.75) is 12.6 Å². The van der Waals surface area contributed by atoms with Gasteiger partial charge in [0.15, 0.2) is 5.65 Å². The van der Waals surface area contributed by atoms with Crippen LogP contribution in [-0.4, -0.2) is 62.5 Å². The molecule has 1 aliphatic rings. The molecule has 0 spiro atoms. The minimum absolute atomic E-state index is 0.133. The molecule has 1 saturated heterocycles. The van der Waals surface area contributed by atoms with E-state index in [4.69, 9.17) is 4.74 Å². The summed E-state index contributed by atoms with van der Waals surface area (Å²) in [4.78, 5) is 2.42. The molecule has 0 bridgehead atoms. The summed E-state index contributed by atoms with van der Waals surface area (Å²) in [6, 6.07) is 14.2. The molecule has 1 aliphatic heterocycles. The fourth-order valence-electron chi connectivity index (χ4n) is 2.85. The number of benzene rings is 1. The first-order chi connectivity index (χ1) is 11.9. The number of nitrogens with one attached hydrogen (secondary N) is 1. The van der Waals surface area contributed by atoms with Gasteiger partial charge in [0.05, 0.1) is 12.7 Å². The molecule has 1 atom stereocenters. The van der Waals surface area contributed by atoms with Crippen molar-refractivity contribution in [1.29, 1.82) is 0 Å². The van der Waals surface area contributed by atoms with Crippen molar-refractivity contribution >= 4 is 11.5 Å². The SMILES string of the molecule is c1ccc(CN2CCO[C@@H](CNc3ccc4nnnn4n3)C2)cc1. The van der Waals surface area contributed by atoms with E-state index in [2.05, 4.69) is 55.1 Å². The van der Waals surface area contributed by atoms with Gasteiger partial charge in [-0.05, 0) is 28.1 Å². The van der Waals surface area contributed by atoms with Gasteiger partial charge in [0.1, 0.15) is 5.82 Å². The van der Waals surface area contributed by atoms with Crippen molar-refractivity contribution in [3.05, 3.63) is 48.0 Å². The Hall–Kier alpha value is -2.58. The van der Waals surface area contributed by atoms with Crippen molar-refractivity contribution in [3.8, 4) is 0 Å². The highest BCUT2D eigenvalue weighted by Gasteiger charge is 2.20. The van der Waals surface area contributed by atoms with Crippen LogP contribution in [0.2, 0.25) is 0 Å². The molecule has 8 nitrogen and oxygen atoms in total. The molecular weight excluding hydrogens is 306 g/mol. The van der Waals surface area contributed by atoms with E-state index >= 15 is 0 Å². The number of rotatable bonds is 5. The normalized spacial score (nSPS) is 18.8. The number of tetrazole rings is 1. The van der Waals surface area contributed by atoms with E-state index in [9.17, 15) is 0 Å². The molecule has 0 unspecified atom stereocenters. The van der Waals surface area contributed by atoms with Crippen molar-refractivity contribution in [3.63, 3.8) is 0 Å². The van der Waals surface area contributed by atoms with Gasteiger partial charge < -0.3 is 10.1 Å². The van der Waals surface area contributed by atoms with Crippen molar-refractivity contribution in [2.75, 3.05) is 31.6 Å². The van der Waals surface area contributed by atoms with E-state index in [0.29, 0.717) is 12.2 Å². The summed E-state index contributed by atoms with van der Waals surface area (Å²) in [6.07, 6.45) is 0.133. The number of morpholine rings is 1. The van der Waals surface area contributed by atoms with Gasteiger partial charge >= 0.3 is 0 Å². The van der Waals surface area contributed by atoms with Crippen LogP contribution < -0.4 is 5.32 Å². The van der Waals surface area contributed by atoms with E-state index in [0.717, 1.165) is 32.1 Å². The molecule has 3 heterocycles. The molecule has 0 radical (unpaired) electrons. The van der Waals surface area contributed by atoms with E-state index in [1.165, 1.54) is 10.2 Å². The number of hydrogen-bond donors (Lipinski definition) is 1. The van der Waals surface area contributed by atoms with Crippen LogP contribution in [0.25, 0.3) is 5.65 Å². The highest BCUT2D eigenvalue weighted by atomic mass is 16.5. The monoisotopic (exact) mass is 325 g/mol. The van der Waals surface area contributed by atoms with Gasteiger partial charge in [-0.3, -0.25) is 4.90 Å². The number of ether oxygens (including phenoxy) is 1. The summed E-state index contributed by atoms with van der Waals surface area (Å²) in [5.41, 5.74) is 1.96. The Bertz CT molecular complexity index is 791. The second kappa shape index (κ2) is 6.90. The zero-order chi connectivity index (χ0) is 16.2. The van der Waals surface area contributed by atoms with Gasteiger partial charge in [-0.1, -0.05) is 30.3 Å². The lowest BCUT2D eigenvalue weighted by atomic mass is 10.2. The molecular formula is C16H19N7O. The minimum Gasteiger partial charge on any atom is -0.374 e. The number of hydrogen-bond acceptors (Lipinski definition) is 7. The van der Waals surface area contributed by atoms with Crippen molar-refractivity contribution in [2.24, 2.45) is 0 Å². The van der Waals surface area contributed by atoms with Gasteiger partial charge in [-0.15, -0.1) is 14.8 Å². The maximum atomic E-state index is 5.86. The van der Waals surface area contributed by atoms with E-state index < -0.39 is 0 Å². The van der Waals surface area contributed by atoms with Crippen LogP contribution in [-0.2, 0) is 11.3 Å². The maximum absolute atomic E-state index is 5.86. The summed E-state index contributed by atoms with van der Waals surface area (Å²) in [6.45, 7) is 4.26. The fourth-order valence-corrected chi connectivity index (χ4v) is 2.85. The summed E-state index contributed by atoms with van der Waals surface area (Å²) in [5, 5.41) is 18.8. The Labute approximate surface area is 139 Å². The van der Waals surface area contributed by atoms with Crippen LogP contribution in [0.1, 0.15) is 5.56 Å². The molecule has 24 heavy (non-hydrogen) atoms. The van der Waals surface area contributed by atoms with Gasteiger partial charge in [-0.25, -0.2) is 0 Å². The van der Waals surface area contributed by atoms with E-state index in [1.54, 1.807) is 0 Å². The topological polar surface area (TPSA) is 80.5 Å². The average Bonchev–Trinajstić information content (AvgIpc) is 3.09. The summed E-state index contributed by atoms with van der Waals surface area (Å²) < 4.78 is 7.27. The van der Waals surface area contributed by atoms with E-state index in [-0.39, 0.29) is 6.10 Å².